The lowest BCUT2D eigenvalue weighted by Gasteiger charge is -2.12. The van der Waals surface area contributed by atoms with Gasteiger partial charge in [0.25, 0.3) is 0 Å². The van der Waals surface area contributed by atoms with Gasteiger partial charge in [0.1, 0.15) is 5.82 Å². The molecule has 1 atom stereocenters. The Morgan fingerprint density at radius 1 is 1.41 bits per heavy atom. The summed E-state index contributed by atoms with van der Waals surface area (Å²) in [5.41, 5.74) is 0.270. The molecule has 1 aliphatic heterocycles. The van der Waals surface area contributed by atoms with Crippen LogP contribution in [0.1, 0.15) is 6.42 Å². The minimum Gasteiger partial charge on any atom is -0.323 e. The molecule has 2 N–H and O–H groups in total. The van der Waals surface area contributed by atoms with Gasteiger partial charge < -0.3 is 10.6 Å². The predicted molar refractivity (Wildman–Crippen MR) is 66.0 cm³/mol. The summed E-state index contributed by atoms with van der Waals surface area (Å²) in [5.74, 6) is -0.766. The Kier molecular flexibility index (Phi) is 3.86. The van der Waals surface area contributed by atoms with Crippen LogP contribution in [0.25, 0.3) is 0 Å². The Hall–Kier alpha value is -0.840. The highest BCUT2D eigenvalue weighted by Crippen LogP contribution is 2.31. The van der Waals surface area contributed by atoms with E-state index in [1.54, 1.807) is 0 Å². The Morgan fingerprint density at radius 2 is 2.06 bits per heavy atom. The maximum absolute atomic E-state index is 13.0. The van der Waals surface area contributed by atoms with Crippen molar-refractivity contribution in [3.05, 3.63) is 28.0 Å². The van der Waals surface area contributed by atoms with Crippen molar-refractivity contribution >= 4 is 34.8 Å². The number of anilines is 1. The van der Waals surface area contributed by atoms with Gasteiger partial charge >= 0.3 is 0 Å². The molecule has 2 rings (SSSR count). The van der Waals surface area contributed by atoms with E-state index >= 15 is 0 Å². The van der Waals surface area contributed by atoms with Crippen molar-refractivity contribution in [1.29, 1.82) is 0 Å². The van der Waals surface area contributed by atoms with Crippen molar-refractivity contribution in [2.75, 3.05) is 18.4 Å². The Labute approximate surface area is 108 Å². The number of carbonyl (C=O) groups is 1. The molecule has 92 valence electrons. The van der Waals surface area contributed by atoms with Crippen LogP contribution in [-0.2, 0) is 4.79 Å². The number of benzene rings is 1. The number of halogens is 3. The summed E-state index contributed by atoms with van der Waals surface area (Å²) in [6.45, 7) is 1.46. The summed E-state index contributed by atoms with van der Waals surface area (Å²) in [6.07, 6.45) is 0.780. The second kappa shape index (κ2) is 5.21. The largest absolute Gasteiger partial charge is 0.323 e. The first-order valence-electron chi connectivity index (χ1n) is 5.24. The minimum absolute atomic E-state index is 0.0906. The molecule has 0 saturated carbocycles. The maximum atomic E-state index is 13.0. The molecule has 1 aliphatic rings. The molecule has 0 spiro atoms. The van der Waals surface area contributed by atoms with Crippen molar-refractivity contribution < 1.29 is 9.18 Å². The molecule has 1 unspecified atom stereocenters. The summed E-state index contributed by atoms with van der Waals surface area (Å²) < 4.78 is 13.0. The highest BCUT2D eigenvalue weighted by Gasteiger charge is 2.23. The first-order valence-corrected chi connectivity index (χ1v) is 5.99. The second-order valence-electron chi connectivity index (χ2n) is 3.92. The summed E-state index contributed by atoms with van der Waals surface area (Å²) in [6, 6.07) is 2.24. The van der Waals surface area contributed by atoms with Gasteiger partial charge in [0.05, 0.1) is 21.7 Å². The molecule has 0 aromatic heterocycles. The molecular formula is C11H11Cl2FN2O. The van der Waals surface area contributed by atoms with Crippen LogP contribution in [0.4, 0.5) is 10.1 Å². The third-order valence-corrected chi connectivity index (χ3v) is 3.28. The number of hydrogen-bond acceptors (Lipinski definition) is 2. The lowest BCUT2D eigenvalue weighted by Crippen LogP contribution is -2.24. The van der Waals surface area contributed by atoms with E-state index < -0.39 is 5.82 Å². The summed E-state index contributed by atoms with van der Waals surface area (Å²) in [4.78, 5) is 11.8. The van der Waals surface area contributed by atoms with Crippen molar-refractivity contribution in [3.63, 3.8) is 0 Å². The van der Waals surface area contributed by atoms with Gasteiger partial charge in [-0.2, -0.15) is 0 Å². The van der Waals surface area contributed by atoms with Gasteiger partial charge in [-0.3, -0.25) is 4.79 Å². The Bertz CT molecular complexity index is 424. The van der Waals surface area contributed by atoms with Gasteiger partial charge in [0.15, 0.2) is 0 Å². The molecule has 1 heterocycles. The average molecular weight is 277 g/mol. The lowest BCUT2D eigenvalue weighted by atomic mass is 10.1. The van der Waals surface area contributed by atoms with Gasteiger partial charge in [0, 0.05) is 6.54 Å². The van der Waals surface area contributed by atoms with E-state index in [0.717, 1.165) is 25.1 Å². The molecule has 1 saturated heterocycles. The number of hydrogen-bond donors (Lipinski definition) is 2. The average Bonchev–Trinajstić information content (AvgIpc) is 2.76. The van der Waals surface area contributed by atoms with E-state index in [2.05, 4.69) is 10.6 Å². The Morgan fingerprint density at radius 3 is 2.59 bits per heavy atom. The quantitative estimate of drug-likeness (QED) is 0.872. The molecule has 1 fully saturated rings. The fourth-order valence-electron chi connectivity index (χ4n) is 1.77. The first-order chi connectivity index (χ1) is 8.08. The number of carbonyl (C=O) groups excluding carboxylic acids is 1. The summed E-state index contributed by atoms with van der Waals surface area (Å²) in [5, 5.41) is 5.94. The van der Waals surface area contributed by atoms with Gasteiger partial charge in [0.2, 0.25) is 5.91 Å². The van der Waals surface area contributed by atoms with Crippen LogP contribution in [0.5, 0.6) is 0 Å². The number of rotatable bonds is 2. The smallest absolute Gasteiger partial charge is 0.228 e. The maximum Gasteiger partial charge on any atom is 0.228 e. The van der Waals surface area contributed by atoms with Crippen LogP contribution in [0.2, 0.25) is 10.0 Å². The molecule has 0 aliphatic carbocycles. The van der Waals surface area contributed by atoms with Gasteiger partial charge in [-0.15, -0.1) is 0 Å². The molecule has 17 heavy (non-hydrogen) atoms. The number of amides is 1. The van der Waals surface area contributed by atoms with Crippen molar-refractivity contribution in [2.24, 2.45) is 5.92 Å². The van der Waals surface area contributed by atoms with Crippen molar-refractivity contribution in [1.82, 2.24) is 5.32 Å². The monoisotopic (exact) mass is 276 g/mol. The molecule has 6 heteroatoms. The van der Waals surface area contributed by atoms with Crippen LogP contribution < -0.4 is 10.6 Å². The van der Waals surface area contributed by atoms with E-state index in [9.17, 15) is 9.18 Å². The van der Waals surface area contributed by atoms with E-state index in [1.165, 1.54) is 0 Å². The fraction of sp³-hybridized carbons (Fsp3) is 0.364. The molecular weight excluding hydrogens is 266 g/mol. The summed E-state index contributed by atoms with van der Waals surface area (Å²) in [7, 11) is 0. The highest BCUT2D eigenvalue weighted by molar-refractivity contribution is 6.39. The van der Waals surface area contributed by atoms with Gasteiger partial charge in [-0.1, -0.05) is 23.2 Å². The second-order valence-corrected chi connectivity index (χ2v) is 4.74. The molecule has 1 aromatic carbocycles. The molecule has 0 radical (unpaired) electrons. The molecule has 1 amide bonds. The zero-order valence-corrected chi connectivity index (χ0v) is 10.4. The first kappa shape index (κ1) is 12.6. The van der Waals surface area contributed by atoms with Crippen LogP contribution >= 0.6 is 23.2 Å². The Balaban J connectivity index is 2.15. The van der Waals surface area contributed by atoms with Crippen LogP contribution in [0, 0.1) is 11.7 Å². The summed E-state index contributed by atoms with van der Waals surface area (Å²) >= 11 is 11.7. The van der Waals surface area contributed by atoms with Gasteiger partial charge in [-0.05, 0) is 25.1 Å². The fourth-order valence-corrected chi connectivity index (χ4v) is 2.32. The van der Waals surface area contributed by atoms with Gasteiger partial charge in [-0.25, -0.2) is 4.39 Å². The normalized spacial score (nSPS) is 19.4. The van der Waals surface area contributed by atoms with Crippen molar-refractivity contribution in [3.8, 4) is 0 Å². The highest BCUT2D eigenvalue weighted by atomic mass is 35.5. The molecule has 0 bridgehead atoms. The predicted octanol–water partition coefficient (Wildman–Crippen LogP) is 2.68. The number of nitrogens with one attached hydrogen (secondary N) is 2. The standard InChI is InChI=1S/C11H11Cl2FN2O/c12-8-3-7(14)4-9(13)10(8)16-11(17)6-1-2-15-5-6/h3-4,6,15H,1-2,5H2,(H,16,17). The van der Waals surface area contributed by atoms with E-state index in [-0.39, 0.29) is 27.6 Å². The van der Waals surface area contributed by atoms with E-state index in [1.807, 2.05) is 0 Å². The molecule has 3 nitrogen and oxygen atoms in total. The third kappa shape index (κ3) is 2.89. The topological polar surface area (TPSA) is 41.1 Å². The zero-order valence-electron chi connectivity index (χ0n) is 8.90. The van der Waals surface area contributed by atoms with E-state index in [4.69, 9.17) is 23.2 Å². The van der Waals surface area contributed by atoms with Crippen LogP contribution in [0.15, 0.2) is 12.1 Å². The van der Waals surface area contributed by atoms with Crippen molar-refractivity contribution in [2.45, 2.75) is 6.42 Å². The zero-order chi connectivity index (χ0) is 12.4. The SMILES string of the molecule is O=C(Nc1c(Cl)cc(F)cc1Cl)C1CCNC1. The lowest BCUT2D eigenvalue weighted by molar-refractivity contribution is -0.119. The van der Waals surface area contributed by atoms with Crippen LogP contribution in [-0.4, -0.2) is 19.0 Å². The van der Waals surface area contributed by atoms with E-state index in [0.29, 0.717) is 6.54 Å². The third-order valence-electron chi connectivity index (χ3n) is 2.69. The minimum atomic E-state index is -0.527. The molecule has 1 aromatic rings. The van der Waals surface area contributed by atoms with Crippen LogP contribution in [0.3, 0.4) is 0 Å².